The van der Waals surface area contributed by atoms with E-state index in [2.05, 4.69) is 6.58 Å². The van der Waals surface area contributed by atoms with Crippen LogP contribution in [0.15, 0.2) is 36.1 Å². The van der Waals surface area contributed by atoms with Crippen molar-refractivity contribution in [3.05, 3.63) is 36.1 Å². The standard InChI is InChI=1S/C10H14O2/c1-5-8(3)7-12-10(11)9(4)6-2/h5-7H,1H2,2-4H3/b8-7?,9-6-. The maximum absolute atomic E-state index is 11.0. The van der Waals surface area contributed by atoms with Crippen LogP contribution in [0.5, 0.6) is 0 Å². The van der Waals surface area contributed by atoms with E-state index in [0.29, 0.717) is 5.57 Å². The van der Waals surface area contributed by atoms with Crippen molar-refractivity contribution in [3.8, 4) is 0 Å². The van der Waals surface area contributed by atoms with E-state index in [-0.39, 0.29) is 5.97 Å². The summed E-state index contributed by atoms with van der Waals surface area (Å²) in [6, 6.07) is 0. The molecule has 0 saturated carbocycles. The molecule has 0 aliphatic carbocycles. The molecule has 0 amide bonds. The highest BCUT2D eigenvalue weighted by Gasteiger charge is 2.01. The molecule has 0 radical (unpaired) electrons. The van der Waals surface area contributed by atoms with Gasteiger partial charge in [0.25, 0.3) is 0 Å². The molecule has 0 aromatic heterocycles. The largest absolute Gasteiger partial charge is 0.431 e. The van der Waals surface area contributed by atoms with Crippen molar-refractivity contribution >= 4 is 5.97 Å². The Morgan fingerprint density at radius 3 is 2.42 bits per heavy atom. The molecule has 0 aromatic carbocycles. The molecule has 0 aliphatic heterocycles. The van der Waals surface area contributed by atoms with Crippen LogP contribution in [-0.2, 0) is 9.53 Å². The molecule has 0 saturated heterocycles. The Bertz CT molecular complexity index is 234. The fourth-order valence-corrected chi connectivity index (χ4v) is 0.405. The third kappa shape index (κ3) is 3.76. The van der Waals surface area contributed by atoms with Gasteiger partial charge in [-0.1, -0.05) is 18.7 Å². The predicted octanol–water partition coefficient (Wildman–Crippen LogP) is 2.59. The molecule has 0 atom stereocenters. The van der Waals surface area contributed by atoms with Crippen LogP contribution in [0.1, 0.15) is 20.8 Å². The van der Waals surface area contributed by atoms with Crippen LogP contribution >= 0.6 is 0 Å². The quantitative estimate of drug-likeness (QED) is 0.279. The summed E-state index contributed by atoms with van der Waals surface area (Å²) < 4.78 is 4.81. The topological polar surface area (TPSA) is 26.3 Å². The number of rotatable bonds is 3. The maximum Gasteiger partial charge on any atom is 0.338 e. The Kier molecular flexibility index (Phi) is 4.77. The Hall–Kier alpha value is -1.31. The molecule has 0 spiro atoms. The number of carbonyl (C=O) groups excluding carboxylic acids is 1. The summed E-state index contributed by atoms with van der Waals surface area (Å²) >= 11 is 0. The fraction of sp³-hybridized carbons (Fsp3) is 0.300. The number of ether oxygens (including phenoxy) is 1. The van der Waals surface area contributed by atoms with Crippen molar-refractivity contribution < 1.29 is 9.53 Å². The van der Waals surface area contributed by atoms with Gasteiger partial charge in [-0.25, -0.2) is 4.79 Å². The third-order valence-electron chi connectivity index (χ3n) is 1.43. The van der Waals surface area contributed by atoms with Crippen molar-refractivity contribution in [2.24, 2.45) is 0 Å². The van der Waals surface area contributed by atoms with Crippen LogP contribution in [0, 0.1) is 0 Å². The SMILES string of the molecule is C=CC(C)=COC(=O)/C(C)=C\C. The van der Waals surface area contributed by atoms with E-state index in [1.54, 1.807) is 26.0 Å². The molecule has 0 heterocycles. The van der Waals surface area contributed by atoms with Gasteiger partial charge in [-0.2, -0.15) is 0 Å². The molecule has 0 rings (SSSR count). The summed E-state index contributed by atoms with van der Waals surface area (Å²) in [4.78, 5) is 11.0. The van der Waals surface area contributed by atoms with Gasteiger partial charge in [-0.15, -0.1) is 0 Å². The molecule has 0 unspecified atom stereocenters. The van der Waals surface area contributed by atoms with Crippen LogP contribution in [0.2, 0.25) is 0 Å². The highest BCUT2D eigenvalue weighted by molar-refractivity contribution is 5.88. The fourth-order valence-electron chi connectivity index (χ4n) is 0.405. The molecule has 2 nitrogen and oxygen atoms in total. The lowest BCUT2D eigenvalue weighted by Crippen LogP contribution is -2.00. The number of hydrogen-bond acceptors (Lipinski definition) is 2. The van der Waals surface area contributed by atoms with Gasteiger partial charge >= 0.3 is 5.97 Å². The number of carbonyl (C=O) groups is 1. The molecular formula is C10H14O2. The first-order valence-electron chi connectivity index (χ1n) is 3.75. The number of allylic oxidation sites excluding steroid dienone is 3. The van der Waals surface area contributed by atoms with Crippen molar-refractivity contribution in [2.45, 2.75) is 20.8 Å². The molecule has 66 valence electrons. The van der Waals surface area contributed by atoms with Gasteiger partial charge in [0.15, 0.2) is 0 Å². The van der Waals surface area contributed by atoms with Crippen LogP contribution in [0.25, 0.3) is 0 Å². The van der Waals surface area contributed by atoms with E-state index in [1.165, 1.54) is 6.26 Å². The van der Waals surface area contributed by atoms with E-state index >= 15 is 0 Å². The summed E-state index contributed by atoms with van der Waals surface area (Å²) in [5.41, 5.74) is 1.43. The minimum atomic E-state index is -0.321. The Morgan fingerprint density at radius 2 is 2.00 bits per heavy atom. The van der Waals surface area contributed by atoms with E-state index in [4.69, 9.17) is 4.74 Å². The molecule has 2 heteroatoms. The average molecular weight is 166 g/mol. The van der Waals surface area contributed by atoms with E-state index < -0.39 is 0 Å². The number of esters is 1. The average Bonchev–Trinajstić information content (AvgIpc) is 2.11. The van der Waals surface area contributed by atoms with Gasteiger partial charge in [0.1, 0.15) is 0 Å². The predicted molar refractivity (Wildman–Crippen MR) is 49.5 cm³/mol. The van der Waals surface area contributed by atoms with Gasteiger partial charge in [0.2, 0.25) is 0 Å². The highest BCUT2D eigenvalue weighted by atomic mass is 16.5. The second kappa shape index (κ2) is 5.35. The molecule has 0 fully saturated rings. The zero-order chi connectivity index (χ0) is 9.56. The number of hydrogen-bond donors (Lipinski definition) is 0. The smallest absolute Gasteiger partial charge is 0.338 e. The monoisotopic (exact) mass is 166 g/mol. The van der Waals surface area contributed by atoms with Crippen molar-refractivity contribution in [1.29, 1.82) is 0 Å². The first-order chi connectivity index (χ1) is 5.61. The normalized spacial score (nSPS) is 12.6. The lowest BCUT2D eigenvalue weighted by Gasteiger charge is -1.98. The molecular weight excluding hydrogens is 152 g/mol. The van der Waals surface area contributed by atoms with E-state index in [0.717, 1.165) is 5.57 Å². The first-order valence-corrected chi connectivity index (χ1v) is 3.75. The summed E-state index contributed by atoms with van der Waals surface area (Å²) in [7, 11) is 0. The zero-order valence-corrected chi connectivity index (χ0v) is 7.76. The molecule has 12 heavy (non-hydrogen) atoms. The second-order valence-electron chi connectivity index (χ2n) is 2.44. The van der Waals surface area contributed by atoms with Crippen LogP contribution < -0.4 is 0 Å². The second-order valence-corrected chi connectivity index (χ2v) is 2.44. The van der Waals surface area contributed by atoms with Crippen LogP contribution in [-0.4, -0.2) is 5.97 Å². The Balaban J connectivity index is 4.12. The Morgan fingerprint density at radius 1 is 1.42 bits per heavy atom. The van der Waals surface area contributed by atoms with Gasteiger partial charge in [-0.3, -0.25) is 0 Å². The van der Waals surface area contributed by atoms with E-state index in [9.17, 15) is 4.79 Å². The minimum Gasteiger partial charge on any atom is -0.431 e. The summed E-state index contributed by atoms with van der Waals surface area (Å²) in [5, 5.41) is 0. The van der Waals surface area contributed by atoms with Gasteiger partial charge in [-0.05, 0) is 26.3 Å². The summed E-state index contributed by atoms with van der Waals surface area (Å²) in [6.45, 7) is 8.84. The van der Waals surface area contributed by atoms with Crippen molar-refractivity contribution in [2.75, 3.05) is 0 Å². The Labute approximate surface area is 73.2 Å². The third-order valence-corrected chi connectivity index (χ3v) is 1.43. The lowest BCUT2D eigenvalue weighted by atomic mass is 10.3. The molecule has 0 aliphatic rings. The summed E-state index contributed by atoms with van der Waals surface area (Å²) in [6.07, 6.45) is 4.72. The van der Waals surface area contributed by atoms with Crippen LogP contribution in [0.4, 0.5) is 0 Å². The van der Waals surface area contributed by atoms with Gasteiger partial charge < -0.3 is 4.74 Å². The maximum atomic E-state index is 11.0. The van der Waals surface area contributed by atoms with Crippen LogP contribution in [0.3, 0.4) is 0 Å². The molecule has 0 N–H and O–H groups in total. The zero-order valence-electron chi connectivity index (χ0n) is 7.76. The van der Waals surface area contributed by atoms with Gasteiger partial charge in [0.05, 0.1) is 6.26 Å². The van der Waals surface area contributed by atoms with Crippen molar-refractivity contribution in [3.63, 3.8) is 0 Å². The van der Waals surface area contributed by atoms with Gasteiger partial charge in [0, 0.05) is 5.57 Å². The van der Waals surface area contributed by atoms with Crippen molar-refractivity contribution in [1.82, 2.24) is 0 Å². The summed E-state index contributed by atoms with van der Waals surface area (Å²) in [5.74, 6) is -0.321. The minimum absolute atomic E-state index is 0.321. The molecule has 0 bridgehead atoms. The molecule has 0 aromatic rings. The lowest BCUT2D eigenvalue weighted by molar-refractivity contribution is -0.133. The highest BCUT2D eigenvalue weighted by Crippen LogP contribution is 1.99. The first kappa shape index (κ1) is 10.7. The van der Waals surface area contributed by atoms with E-state index in [1.807, 2.05) is 6.92 Å².